The molecule has 0 radical (unpaired) electrons. The lowest BCUT2D eigenvalue weighted by Crippen LogP contribution is -2.36. The van der Waals surface area contributed by atoms with E-state index in [0.717, 1.165) is 15.1 Å². The van der Waals surface area contributed by atoms with Gasteiger partial charge in [-0.15, -0.1) is 11.3 Å². The molecule has 92 valence electrons. The Morgan fingerprint density at radius 2 is 2.19 bits per heavy atom. The number of anilines is 1. The van der Waals surface area contributed by atoms with Crippen LogP contribution in [0, 0.1) is 0 Å². The third-order valence-electron chi connectivity index (χ3n) is 1.91. The number of nitrogens with zero attached hydrogens (tertiary/aromatic N) is 2. The minimum absolute atomic E-state index is 0.355. The lowest BCUT2D eigenvalue weighted by atomic mass is 10.3. The fraction of sp³-hybridized carbons (Fsp3) is 0.625. The van der Waals surface area contributed by atoms with E-state index in [2.05, 4.69) is 15.0 Å². The van der Waals surface area contributed by atoms with Crippen molar-refractivity contribution in [1.29, 1.82) is 0 Å². The standard InChI is InChI=1S/C8H16N4O2S2/c1-9-8-11-7(6-15-8)4-5-10-16(13,14)12(2)3/h6,10H,4-5H2,1-3H3,(H,9,11). The summed E-state index contributed by atoms with van der Waals surface area (Å²) in [6, 6.07) is 0. The lowest BCUT2D eigenvalue weighted by Gasteiger charge is -2.11. The molecule has 1 heterocycles. The molecule has 0 saturated heterocycles. The molecule has 16 heavy (non-hydrogen) atoms. The van der Waals surface area contributed by atoms with Gasteiger partial charge >= 0.3 is 0 Å². The SMILES string of the molecule is CNc1nc(CCNS(=O)(=O)N(C)C)cs1. The van der Waals surface area contributed by atoms with Crippen molar-refractivity contribution in [3.05, 3.63) is 11.1 Å². The van der Waals surface area contributed by atoms with E-state index in [-0.39, 0.29) is 0 Å². The second-order valence-corrected chi connectivity index (χ2v) is 6.15. The summed E-state index contributed by atoms with van der Waals surface area (Å²) in [6.07, 6.45) is 0.589. The zero-order valence-corrected chi connectivity index (χ0v) is 11.2. The highest BCUT2D eigenvalue weighted by molar-refractivity contribution is 7.87. The number of hydrogen-bond acceptors (Lipinski definition) is 5. The largest absolute Gasteiger partial charge is 0.365 e. The van der Waals surface area contributed by atoms with Gasteiger partial charge in [0.1, 0.15) is 0 Å². The van der Waals surface area contributed by atoms with E-state index in [1.807, 2.05) is 5.38 Å². The van der Waals surface area contributed by atoms with Crippen molar-refractivity contribution < 1.29 is 8.42 Å². The molecule has 0 aliphatic rings. The molecule has 1 aromatic rings. The summed E-state index contributed by atoms with van der Waals surface area (Å²) in [6.45, 7) is 0.355. The molecule has 0 amide bonds. The molecule has 1 aromatic heterocycles. The van der Waals surface area contributed by atoms with Crippen molar-refractivity contribution >= 4 is 26.7 Å². The molecular weight excluding hydrogens is 248 g/mol. The van der Waals surface area contributed by atoms with Crippen LogP contribution in [0.25, 0.3) is 0 Å². The first-order valence-corrected chi connectivity index (χ1v) is 7.07. The second kappa shape index (κ2) is 5.58. The summed E-state index contributed by atoms with van der Waals surface area (Å²) in [7, 11) is 1.46. The van der Waals surface area contributed by atoms with Gasteiger partial charge in [-0.1, -0.05) is 0 Å². The van der Waals surface area contributed by atoms with Crippen LogP contribution in [0.15, 0.2) is 5.38 Å². The monoisotopic (exact) mass is 264 g/mol. The molecule has 0 aromatic carbocycles. The Hall–Kier alpha value is -0.700. The van der Waals surface area contributed by atoms with Crippen LogP contribution < -0.4 is 10.0 Å². The topological polar surface area (TPSA) is 74.3 Å². The van der Waals surface area contributed by atoms with Gasteiger partial charge in [-0.3, -0.25) is 0 Å². The highest BCUT2D eigenvalue weighted by Crippen LogP contribution is 2.14. The van der Waals surface area contributed by atoms with Crippen LogP contribution in [-0.4, -0.2) is 45.4 Å². The predicted octanol–water partition coefficient (Wildman–Crippen LogP) is 0.123. The average molecular weight is 264 g/mol. The molecule has 0 spiro atoms. The Labute approximate surface area is 99.9 Å². The molecule has 0 aliphatic carbocycles. The Bertz CT molecular complexity index is 427. The molecule has 0 atom stereocenters. The first kappa shape index (κ1) is 13.4. The quantitative estimate of drug-likeness (QED) is 0.765. The molecule has 0 saturated carbocycles. The number of nitrogens with one attached hydrogen (secondary N) is 2. The summed E-state index contributed by atoms with van der Waals surface area (Å²) >= 11 is 1.50. The van der Waals surface area contributed by atoms with Crippen LogP contribution in [0.2, 0.25) is 0 Å². The zero-order valence-electron chi connectivity index (χ0n) is 9.52. The molecule has 1 rings (SSSR count). The Morgan fingerprint density at radius 3 is 2.69 bits per heavy atom. The number of aromatic nitrogens is 1. The van der Waals surface area contributed by atoms with Gasteiger partial charge < -0.3 is 5.32 Å². The highest BCUT2D eigenvalue weighted by atomic mass is 32.2. The molecule has 0 fully saturated rings. The third kappa shape index (κ3) is 3.71. The first-order valence-electron chi connectivity index (χ1n) is 4.75. The van der Waals surface area contributed by atoms with Gasteiger partial charge in [0.05, 0.1) is 5.69 Å². The summed E-state index contributed by atoms with van der Waals surface area (Å²) in [5.41, 5.74) is 0.885. The van der Waals surface area contributed by atoms with E-state index >= 15 is 0 Å². The van der Waals surface area contributed by atoms with E-state index in [9.17, 15) is 8.42 Å². The van der Waals surface area contributed by atoms with E-state index in [1.54, 1.807) is 7.05 Å². The minimum atomic E-state index is -3.32. The minimum Gasteiger partial charge on any atom is -0.365 e. The number of hydrogen-bond donors (Lipinski definition) is 2. The van der Waals surface area contributed by atoms with E-state index in [1.165, 1.54) is 25.4 Å². The normalized spacial score (nSPS) is 12.0. The second-order valence-electron chi connectivity index (χ2n) is 3.33. The Kier molecular flexibility index (Phi) is 4.66. The third-order valence-corrected chi connectivity index (χ3v) is 4.35. The maximum absolute atomic E-state index is 11.4. The van der Waals surface area contributed by atoms with Gasteiger partial charge in [-0.05, 0) is 0 Å². The Balaban J connectivity index is 2.42. The van der Waals surface area contributed by atoms with E-state index < -0.39 is 10.2 Å². The molecular formula is C8H16N4O2S2. The van der Waals surface area contributed by atoms with Gasteiger partial charge in [0.15, 0.2) is 5.13 Å². The van der Waals surface area contributed by atoms with E-state index in [0.29, 0.717) is 13.0 Å². The van der Waals surface area contributed by atoms with Crippen LogP contribution in [0.5, 0.6) is 0 Å². The summed E-state index contributed by atoms with van der Waals surface area (Å²) < 4.78 is 26.4. The number of rotatable bonds is 6. The van der Waals surface area contributed by atoms with Crippen molar-refractivity contribution in [2.45, 2.75) is 6.42 Å². The van der Waals surface area contributed by atoms with Crippen LogP contribution in [0.1, 0.15) is 5.69 Å². The van der Waals surface area contributed by atoms with Crippen molar-refractivity contribution in [3.63, 3.8) is 0 Å². The zero-order chi connectivity index (χ0) is 12.2. The van der Waals surface area contributed by atoms with Crippen LogP contribution in [-0.2, 0) is 16.6 Å². The summed E-state index contributed by atoms with van der Waals surface area (Å²) in [5, 5.41) is 5.68. The van der Waals surface area contributed by atoms with E-state index in [4.69, 9.17) is 0 Å². The predicted molar refractivity (Wildman–Crippen MR) is 66.0 cm³/mol. The van der Waals surface area contributed by atoms with Gasteiger partial charge in [0, 0.05) is 39.5 Å². The van der Waals surface area contributed by atoms with Gasteiger partial charge in [-0.2, -0.15) is 12.7 Å². The van der Waals surface area contributed by atoms with Crippen molar-refractivity contribution in [1.82, 2.24) is 14.0 Å². The summed E-state index contributed by atoms with van der Waals surface area (Å²) in [4.78, 5) is 4.25. The van der Waals surface area contributed by atoms with Crippen molar-refractivity contribution in [2.75, 3.05) is 33.0 Å². The Morgan fingerprint density at radius 1 is 1.50 bits per heavy atom. The molecule has 0 aliphatic heterocycles. The lowest BCUT2D eigenvalue weighted by molar-refractivity contribution is 0.506. The van der Waals surface area contributed by atoms with Crippen LogP contribution in [0.4, 0.5) is 5.13 Å². The maximum Gasteiger partial charge on any atom is 0.278 e. The maximum atomic E-state index is 11.4. The summed E-state index contributed by atoms with van der Waals surface area (Å²) in [5.74, 6) is 0. The molecule has 2 N–H and O–H groups in total. The van der Waals surface area contributed by atoms with Gasteiger partial charge in [0.2, 0.25) is 0 Å². The molecule has 0 unspecified atom stereocenters. The van der Waals surface area contributed by atoms with Crippen molar-refractivity contribution in [3.8, 4) is 0 Å². The number of thiazole rings is 1. The first-order chi connectivity index (χ1) is 7.45. The highest BCUT2D eigenvalue weighted by Gasteiger charge is 2.11. The van der Waals surface area contributed by atoms with Gasteiger partial charge in [0.25, 0.3) is 10.2 Å². The fourth-order valence-electron chi connectivity index (χ4n) is 0.974. The average Bonchev–Trinajstić information content (AvgIpc) is 2.65. The van der Waals surface area contributed by atoms with Gasteiger partial charge in [-0.25, -0.2) is 9.71 Å². The smallest absolute Gasteiger partial charge is 0.278 e. The van der Waals surface area contributed by atoms with Crippen LogP contribution >= 0.6 is 11.3 Å². The molecule has 6 nitrogen and oxygen atoms in total. The molecule has 8 heteroatoms. The van der Waals surface area contributed by atoms with Crippen molar-refractivity contribution in [2.24, 2.45) is 0 Å². The van der Waals surface area contributed by atoms with Crippen LogP contribution in [0.3, 0.4) is 0 Å². The fourth-order valence-corrected chi connectivity index (χ4v) is 2.30. The molecule has 0 bridgehead atoms.